The van der Waals surface area contributed by atoms with Crippen LogP contribution >= 0.6 is 23.2 Å². The second kappa shape index (κ2) is 27.4. The van der Waals surface area contributed by atoms with Crippen molar-refractivity contribution < 1.29 is 108 Å². The van der Waals surface area contributed by atoms with Gasteiger partial charge in [0.15, 0.2) is 17.5 Å². The molecule has 7 amide bonds. The van der Waals surface area contributed by atoms with Crippen molar-refractivity contribution >= 4 is 70.5 Å². The van der Waals surface area contributed by atoms with Gasteiger partial charge in [0.1, 0.15) is 95.6 Å². The first-order valence-corrected chi connectivity index (χ1v) is 29.0. The van der Waals surface area contributed by atoms with E-state index in [2.05, 4.69) is 31.9 Å². The van der Waals surface area contributed by atoms with Gasteiger partial charge in [-0.1, -0.05) is 55.2 Å². The van der Waals surface area contributed by atoms with Crippen LogP contribution in [0, 0.1) is 5.92 Å². The van der Waals surface area contributed by atoms with E-state index in [0.717, 1.165) is 66.7 Å². The molecule has 5 aromatic rings. The van der Waals surface area contributed by atoms with Crippen LogP contribution in [0.3, 0.4) is 0 Å². The lowest BCUT2D eigenvalue weighted by atomic mass is 9.89. The summed E-state index contributed by atoms with van der Waals surface area (Å²) < 4.78 is 24.9. The third-order valence-electron chi connectivity index (χ3n) is 15.6. The van der Waals surface area contributed by atoms with Crippen LogP contribution in [0.2, 0.25) is 10.0 Å². The number of phenolic OH excluding ortho intramolecular Hbond substituents is 3. The van der Waals surface area contributed by atoms with Gasteiger partial charge in [0.25, 0.3) is 0 Å². The highest BCUT2D eigenvalue weighted by Gasteiger charge is 2.47. The number of carboxylic acid groups (broad SMARTS) is 1. The van der Waals surface area contributed by atoms with Gasteiger partial charge in [-0.05, 0) is 103 Å². The monoisotopic (exact) mass is 1320 g/mol. The first-order valence-electron chi connectivity index (χ1n) is 28.3. The number of aliphatic hydroxyl groups excluding tert-OH is 6. The number of fused-ring (bicyclic) bond motifs is 15. The summed E-state index contributed by atoms with van der Waals surface area (Å²) in [4.78, 5) is 117. The fourth-order valence-corrected chi connectivity index (χ4v) is 11.4. The number of carboxylic acids is 1. The Bertz CT molecular complexity index is 3760. The maximum Gasteiger partial charge on any atom is 0.330 e. The molecule has 6 aliphatic heterocycles. The molecule has 1 unspecified atom stereocenters. The molecule has 11 bridgehead atoms. The number of carbonyl (C=O) groups is 8. The van der Waals surface area contributed by atoms with Gasteiger partial charge < -0.3 is 108 Å². The Balaban J connectivity index is 1.32. The summed E-state index contributed by atoms with van der Waals surface area (Å²) in [5, 5.41) is 125. The molecule has 1 saturated heterocycles. The van der Waals surface area contributed by atoms with Crippen LogP contribution in [-0.4, -0.2) is 179 Å². The molecule has 32 heteroatoms. The Hall–Kier alpha value is -9.08. The maximum atomic E-state index is 15.8. The number of primary amides is 1. The average molecular weight is 1320 g/mol. The minimum absolute atomic E-state index is 0.0779. The summed E-state index contributed by atoms with van der Waals surface area (Å²) in [5.74, 6) is -15.8. The van der Waals surface area contributed by atoms with Gasteiger partial charge in [-0.15, -0.1) is 0 Å². The van der Waals surface area contributed by atoms with Crippen molar-refractivity contribution in [1.82, 2.24) is 36.8 Å². The zero-order valence-electron chi connectivity index (χ0n) is 48.9. The Kier molecular flexibility index (Phi) is 20.0. The Labute approximate surface area is 531 Å². The highest BCUT2D eigenvalue weighted by atomic mass is 35.5. The van der Waals surface area contributed by atoms with E-state index in [1.165, 1.54) is 12.1 Å². The normalized spacial score (nSPS) is 26.2. The summed E-state index contributed by atoms with van der Waals surface area (Å²) in [6.45, 7) is 2.73. The third-order valence-corrected chi connectivity index (χ3v) is 16.2. The lowest BCUT2D eigenvalue weighted by Crippen LogP contribution is -2.60. The molecule has 6 heterocycles. The zero-order chi connectivity index (χ0) is 67.1. The van der Waals surface area contributed by atoms with E-state index in [9.17, 15) is 75.0 Å². The lowest BCUT2D eigenvalue weighted by molar-refractivity contribution is -0.277. The van der Waals surface area contributed by atoms with Crippen molar-refractivity contribution in [2.45, 2.75) is 112 Å². The van der Waals surface area contributed by atoms with E-state index in [-0.39, 0.29) is 45.6 Å². The number of hydrogen-bond donors (Lipinski definition) is 17. The number of aliphatic carboxylic acids is 1. The van der Waals surface area contributed by atoms with E-state index in [1.807, 2.05) is 13.8 Å². The number of likely N-dealkylation sites (N-methyl/N-ethyl adjacent to an activating group) is 1. The van der Waals surface area contributed by atoms with Gasteiger partial charge in [-0.3, -0.25) is 38.5 Å². The summed E-state index contributed by atoms with van der Waals surface area (Å²) in [5.41, 5.74) is 2.93. The number of benzene rings is 5. The molecule has 5 aromatic carbocycles. The first kappa shape index (κ1) is 67.3. The summed E-state index contributed by atoms with van der Waals surface area (Å²) in [7, 11) is 3.19. The summed E-state index contributed by atoms with van der Waals surface area (Å²) in [6.07, 6.45) is -14.9. The molecular formula is C60H64Cl2N8O22. The van der Waals surface area contributed by atoms with Crippen molar-refractivity contribution in [3.8, 4) is 57.1 Å². The van der Waals surface area contributed by atoms with Crippen molar-refractivity contribution in [2.24, 2.45) is 11.7 Å². The smallest absolute Gasteiger partial charge is 0.330 e. The lowest BCUT2D eigenvalue weighted by Gasteiger charge is -2.39. The Morgan fingerprint density at radius 3 is 1.83 bits per heavy atom. The molecule has 92 heavy (non-hydrogen) atoms. The largest absolute Gasteiger partial charge is 0.508 e. The second-order valence-electron chi connectivity index (χ2n) is 22.8. The number of hydrogen-bond acceptors (Lipinski definition) is 22. The van der Waals surface area contributed by atoms with E-state index in [4.69, 9.17) is 47.9 Å². The molecule has 0 radical (unpaired) electrons. The van der Waals surface area contributed by atoms with Gasteiger partial charge in [0.2, 0.25) is 53.4 Å². The van der Waals surface area contributed by atoms with Crippen LogP contribution in [0.1, 0.15) is 84.8 Å². The van der Waals surface area contributed by atoms with Crippen LogP contribution in [0.15, 0.2) is 78.9 Å². The molecule has 490 valence electrons. The van der Waals surface area contributed by atoms with Crippen molar-refractivity contribution in [3.63, 3.8) is 0 Å². The molecule has 0 spiro atoms. The van der Waals surface area contributed by atoms with Crippen LogP contribution < -0.4 is 51.8 Å². The third kappa shape index (κ3) is 14.0. The van der Waals surface area contributed by atoms with Gasteiger partial charge in [-0.25, -0.2) is 4.79 Å². The highest BCUT2D eigenvalue weighted by Crippen LogP contribution is 2.49. The first-order chi connectivity index (χ1) is 43.4. The summed E-state index contributed by atoms with van der Waals surface area (Å²) in [6, 6.07) is -0.522. The van der Waals surface area contributed by atoms with Crippen molar-refractivity contribution in [1.29, 1.82) is 0 Å². The van der Waals surface area contributed by atoms with Gasteiger partial charge in [0.05, 0.1) is 29.1 Å². The SMILES string of the molecule is CC(C)C[C@H](C(=O)N[C@H]1C(=O)N[C@@H](CC(N)=O)C(=O)N[C@H]2C(=O)N[C@H]3C(=O)NC(C(=O)N[C@@H](C(=O)O)c4cc(O)cc(O)c4-c4cc3ccc4O)[C@H](O)c3ccc(c(Cl)c3)Oc3cc2cc(c3O[C@@H]2O[C@H](CO)[C@@H](O)[C@H](O)[C@H]2O)Oc2ccc(cc2Cl)[C@H]1O)N(C)C. The molecule has 11 rings (SSSR count). The number of carbonyl (C=O) groups excluding carboxylic acids is 7. The fraction of sp³-hybridized carbons (Fsp3) is 0.367. The van der Waals surface area contributed by atoms with Crippen molar-refractivity contribution in [3.05, 3.63) is 117 Å². The molecule has 0 aromatic heterocycles. The predicted molar refractivity (Wildman–Crippen MR) is 318 cm³/mol. The topological polar surface area (TPSA) is 477 Å². The number of amides is 7. The van der Waals surface area contributed by atoms with Crippen LogP contribution in [0.25, 0.3) is 11.1 Å². The number of aromatic hydroxyl groups is 3. The summed E-state index contributed by atoms with van der Waals surface area (Å²) >= 11 is 13.9. The number of aliphatic hydroxyl groups is 6. The number of phenols is 3. The van der Waals surface area contributed by atoms with Gasteiger partial charge in [-0.2, -0.15) is 0 Å². The maximum absolute atomic E-state index is 15.8. The minimum atomic E-state index is -2.31. The van der Waals surface area contributed by atoms with Crippen LogP contribution in [0.5, 0.6) is 46.0 Å². The van der Waals surface area contributed by atoms with E-state index >= 15 is 14.4 Å². The zero-order valence-corrected chi connectivity index (χ0v) is 50.5. The highest BCUT2D eigenvalue weighted by molar-refractivity contribution is 6.32. The van der Waals surface area contributed by atoms with Crippen LogP contribution in [0.4, 0.5) is 0 Å². The van der Waals surface area contributed by atoms with E-state index in [1.54, 1.807) is 19.0 Å². The number of halogens is 2. The number of nitrogens with zero attached hydrogens (tertiary/aromatic N) is 1. The molecule has 1 fully saturated rings. The second-order valence-corrected chi connectivity index (χ2v) is 23.6. The number of ether oxygens (including phenoxy) is 4. The molecule has 14 atom stereocenters. The molecule has 6 aliphatic rings. The number of nitrogens with two attached hydrogens (primary N) is 1. The molecule has 30 nitrogen and oxygen atoms in total. The Morgan fingerprint density at radius 2 is 1.25 bits per heavy atom. The molecule has 0 aliphatic carbocycles. The van der Waals surface area contributed by atoms with Gasteiger partial charge >= 0.3 is 5.97 Å². The van der Waals surface area contributed by atoms with Gasteiger partial charge in [0, 0.05) is 22.8 Å². The van der Waals surface area contributed by atoms with E-state index in [0.29, 0.717) is 0 Å². The molecule has 0 saturated carbocycles. The average Bonchev–Trinajstić information content (AvgIpc) is 0.774. The number of nitrogens with one attached hydrogen (secondary N) is 6. The molecule has 18 N–H and O–H groups in total. The standard InChI is InChI=1S/C60H64Cl2N8O22/c1-21(2)11-32(70(3)4)54(82)68-45-47(76)23-6-9-35(29(61)13-23)89-37-15-25-16-38(52(37)92-60-51(80)50(79)49(78)39(20-71)91-60)90-36-10-7-24(14-30(36)62)48(77)46-58(86)67-44(59(87)88)28-17-26(72)18-34(74)41(28)27-12-22(5-8-33(27)73)42(55(83)69-46)66-56(84)43(25)65-53(81)31(19-40(63)75)64-57(45)85/h5-10,12-18,21,31-32,39,42-51,60,71-74,76-80H,11,19-20H2,1-4H3,(H2,63,75)(H,64,85)(H,65,81)(H,66,84)(H,67,86)(H,68,82)(H,69,83)(H,87,88)/t31-,32+,39+,42+,43+,44+,45+,46?,47+,48+,49+,50-,51+,60-/m0/s1. The molecular weight excluding hydrogens is 1260 g/mol. The fourth-order valence-electron chi connectivity index (χ4n) is 10.9. The van der Waals surface area contributed by atoms with Crippen LogP contribution in [-0.2, 0) is 43.1 Å². The Morgan fingerprint density at radius 1 is 0.663 bits per heavy atom. The minimum Gasteiger partial charge on any atom is -0.508 e. The van der Waals surface area contributed by atoms with E-state index < -0.39 is 207 Å². The predicted octanol–water partition coefficient (Wildman–Crippen LogP) is 0.211. The quantitative estimate of drug-likeness (QED) is 0.0840. The van der Waals surface area contributed by atoms with Crippen molar-refractivity contribution in [2.75, 3.05) is 20.7 Å². The number of rotatable bonds is 11.